The van der Waals surface area contributed by atoms with Crippen LogP contribution < -0.4 is 15.2 Å². The summed E-state index contributed by atoms with van der Waals surface area (Å²) in [4.78, 5) is 14.6. The van der Waals surface area contributed by atoms with Gasteiger partial charge in [-0.15, -0.1) is 0 Å². The van der Waals surface area contributed by atoms with E-state index in [-0.39, 0.29) is 25.0 Å². The maximum atomic E-state index is 12.9. The average molecular weight is 372 g/mol. The van der Waals surface area contributed by atoms with E-state index < -0.39 is 5.41 Å². The Morgan fingerprint density at radius 2 is 2.30 bits per heavy atom. The number of nitrogens with zero attached hydrogens (tertiary/aromatic N) is 3. The zero-order valence-electron chi connectivity index (χ0n) is 15.5. The van der Waals surface area contributed by atoms with Crippen molar-refractivity contribution in [3.63, 3.8) is 0 Å². The first kappa shape index (κ1) is 17.7. The molecule has 1 fully saturated rings. The van der Waals surface area contributed by atoms with E-state index in [9.17, 15) is 9.90 Å². The number of hydrogen-bond acceptors (Lipinski definition) is 6. The van der Waals surface area contributed by atoms with Gasteiger partial charge in [-0.25, -0.2) is 4.68 Å². The molecule has 8 heteroatoms. The summed E-state index contributed by atoms with van der Waals surface area (Å²) in [6.07, 6.45) is 0. The normalized spacial score (nSPS) is 23.5. The fourth-order valence-electron chi connectivity index (χ4n) is 4.14. The maximum Gasteiger partial charge on any atom is 0.244 e. The van der Waals surface area contributed by atoms with Crippen molar-refractivity contribution in [3.8, 4) is 11.5 Å². The molecule has 0 spiro atoms. The van der Waals surface area contributed by atoms with Crippen molar-refractivity contribution < 1.29 is 19.4 Å². The van der Waals surface area contributed by atoms with Crippen molar-refractivity contribution in [2.75, 3.05) is 39.1 Å². The van der Waals surface area contributed by atoms with E-state index >= 15 is 0 Å². The first-order valence-corrected chi connectivity index (χ1v) is 8.95. The van der Waals surface area contributed by atoms with Gasteiger partial charge in [-0.3, -0.25) is 4.79 Å². The molecule has 0 bridgehead atoms. The lowest BCUT2D eigenvalue weighted by molar-refractivity contribution is -0.131. The van der Waals surface area contributed by atoms with Crippen molar-refractivity contribution in [3.05, 3.63) is 35.5 Å². The highest BCUT2D eigenvalue weighted by atomic mass is 16.5. The number of hydrogen-bond donors (Lipinski definition) is 2. The van der Waals surface area contributed by atoms with E-state index in [0.717, 1.165) is 22.8 Å². The van der Waals surface area contributed by atoms with Crippen molar-refractivity contribution >= 4 is 11.7 Å². The van der Waals surface area contributed by atoms with E-state index in [0.29, 0.717) is 25.5 Å². The van der Waals surface area contributed by atoms with Gasteiger partial charge in [0.1, 0.15) is 23.9 Å². The van der Waals surface area contributed by atoms with E-state index in [1.165, 1.54) is 4.68 Å². The Hall–Kier alpha value is -2.74. The van der Waals surface area contributed by atoms with Crippen LogP contribution in [0.4, 0.5) is 5.82 Å². The van der Waals surface area contributed by atoms with Crippen LogP contribution in [0, 0.1) is 12.3 Å². The van der Waals surface area contributed by atoms with Gasteiger partial charge >= 0.3 is 0 Å². The van der Waals surface area contributed by atoms with Crippen molar-refractivity contribution in [1.82, 2.24) is 14.7 Å². The molecule has 27 heavy (non-hydrogen) atoms. The van der Waals surface area contributed by atoms with Crippen LogP contribution in [0.1, 0.15) is 17.2 Å². The number of carbonyl (C=O) groups excluding carboxylic acids is 1. The number of anilines is 1. The summed E-state index contributed by atoms with van der Waals surface area (Å²) in [5, 5.41) is 14.4. The Morgan fingerprint density at radius 3 is 2.96 bits per heavy atom. The minimum Gasteiger partial charge on any atom is -0.497 e. The third-order valence-electron chi connectivity index (χ3n) is 5.65. The summed E-state index contributed by atoms with van der Waals surface area (Å²) < 4.78 is 12.7. The molecule has 0 unspecified atom stereocenters. The second kappa shape index (κ2) is 6.45. The van der Waals surface area contributed by atoms with Crippen LogP contribution in [0.25, 0.3) is 0 Å². The molecule has 0 aliphatic carbocycles. The van der Waals surface area contributed by atoms with Crippen LogP contribution in [0.5, 0.6) is 11.5 Å². The van der Waals surface area contributed by atoms with Crippen molar-refractivity contribution in [2.24, 2.45) is 5.41 Å². The monoisotopic (exact) mass is 372 g/mol. The summed E-state index contributed by atoms with van der Waals surface area (Å²) in [7, 11) is 1.61. The number of nitrogen functional groups attached to an aromatic ring is 1. The molecule has 2 aromatic rings. The molecule has 2 atom stereocenters. The predicted octanol–water partition coefficient (Wildman–Crippen LogP) is 0.779. The highest BCUT2D eigenvalue weighted by Gasteiger charge is 2.52. The fourth-order valence-corrected chi connectivity index (χ4v) is 4.14. The van der Waals surface area contributed by atoms with Gasteiger partial charge in [0.25, 0.3) is 0 Å². The van der Waals surface area contributed by atoms with Gasteiger partial charge in [0, 0.05) is 36.7 Å². The second-order valence-electron chi connectivity index (χ2n) is 7.41. The van der Waals surface area contributed by atoms with Crippen LogP contribution in [-0.4, -0.2) is 59.1 Å². The number of aliphatic hydroxyl groups excluding tert-OH is 1. The number of aliphatic hydroxyl groups is 1. The number of aromatic nitrogens is 2. The van der Waals surface area contributed by atoms with Gasteiger partial charge in [-0.05, 0) is 13.0 Å². The number of aryl methyl sites for hydroxylation is 1. The predicted molar refractivity (Wildman–Crippen MR) is 98.7 cm³/mol. The van der Waals surface area contributed by atoms with E-state index in [2.05, 4.69) is 5.10 Å². The number of carbonyl (C=O) groups is 1. The summed E-state index contributed by atoms with van der Waals surface area (Å²) in [6.45, 7) is 3.22. The number of ether oxygens (including phenoxy) is 2. The summed E-state index contributed by atoms with van der Waals surface area (Å²) in [5.74, 6) is 1.89. The van der Waals surface area contributed by atoms with Crippen LogP contribution in [0.2, 0.25) is 0 Å². The lowest BCUT2D eigenvalue weighted by Gasteiger charge is -2.37. The molecule has 0 saturated carbocycles. The topological polar surface area (TPSA) is 103 Å². The second-order valence-corrected chi connectivity index (χ2v) is 7.41. The molecule has 4 rings (SSSR count). The van der Waals surface area contributed by atoms with Gasteiger partial charge in [0.15, 0.2) is 0 Å². The highest BCUT2D eigenvalue weighted by Crippen LogP contribution is 2.50. The Bertz CT molecular complexity index is 881. The molecular weight excluding hydrogens is 348 g/mol. The molecule has 2 aliphatic heterocycles. The first-order chi connectivity index (χ1) is 13.0. The number of nitrogens with two attached hydrogens (primary N) is 1. The standard InChI is InChI=1S/C19H24N4O4/c1-12-5-17(20)23(21-12)8-18(25)22-7-15-14-4-3-13(26-2)6-16(14)27-11-19(15,9-22)10-24/h3-6,15,24H,7-11,20H2,1-2H3/t15-,19-/m1/s1. The highest BCUT2D eigenvalue weighted by molar-refractivity contribution is 5.77. The molecule has 1 amide bonds. The molecule has 3 heterocycles. The van der Waals surface area contributed by atoms with Crippen LogP contribution >= 0.6 is 0 Å². The fraction of sp³-hybridized carbons (Fsp3) is 0.474. The van der Waals surface area contributed by atoms with Crippen molar-refractivity contribution in [1.29, 1.82) is 0 Å². The molecule has 0 radical (unpaired) electrons. The Labute approximate surface area is 157 Å². The largest absolute Gasteiger partial charge is 0.497 e. The van der Waals surface area contributed by atoms with Gasteiger partial charge in [0.05, 0.1) is 31.4 Å². The summed E-state index contributed by atoms with van der Waals surface area (Å²) in [5.41, 5.74) is 7.19. The van der Waals surface area contributed by atoms with E-state index in [4.69, 9.17) is 15.2 Å². The number of benzene rings is 1. The summed E-state index contributed by atoms with van der Waals surface area (Å²) >= 11 is 0. The SMILES string of the molecule is COc1ccc2c(c1)OC[C@]1(CO)CN(C(=O)Cn3nc(C)cc3N)C[C@H]21. The van der Waals surface area contributed by atoms with E-state index in [1.807, 2.05) is 25.1 Å². The van der Waals surface area contributed by atoms with Gasteiger partial charge in [-0.2, -0.15) is 5.10 Å². The summed E-state index contributed by atoms with van der Waals surface area (Å²) in [6, 6.07) is 7.44. The van der Waals surface area contributed by atoms with Gasteiger partial charge < -0.3 is 25.2 Å². The number of amides is 1. The zero-order chi connectivity index (χ0) is 19.2. The third kappa shape index (κ3) is 2.90. The molecule has 1 saturated heterocycles. The first-order valence-electron chi connectivity index (χ1n) is 8.95. The maximum absolute atomic E-state index is 12.9. The molecule has 3 N–H and O–H groups in total. The number of rotatable bonds is 4. The van der Waals surface area contributed by atoms with Crippen LogP contribution in [-0.2, 0) is 11.3 Å². The van der Waals surface area contributed by atoms with Crippen LogP contribution in [0.15, 0.2) is 24.3 Å². The molecule has 144 valence electrons. The lowest BCUT2D eigenvalue weighted by Crippen LogP contribution is -2.43. The number of likely N-dealkylation sites (tertiary alicyclic amines) is 1. The molecule has 1 aromatic heterocycles. The quantitative estimate of drug-likeness (QED) is 0.822. The van der Waals surface area contributed by atoms with E-state index in [1.54, 1.807) is 18.1 Å². The Morgan fingerprint density at radius 1 is 1.48 bits per heavy atom. The number of methoxy groups -OCH3 is 1. The average Bonchev–Trinajstić information content (AvgIpc) is 3.21. The zero-order valence-corrected chi connectivity index (χ0v) is 15.5. The Balaban J connectivity index is 1.58. The molecule has 8 nitrogen and oxygen atoms in total. The third-order valence-corrected chi connectivity index (χ3v) is 5.65. The molecular formula is C19H24N4O4. The van der Waals surface area contributed by atoms with Gasteiger partial charge in [0.2, 0.25) is 5.91 Å². The molecule has 1 aromatic carbocycles. The molecule has 2 aliphatic rings. The van der Waals surface area contributed by atoms with Crippen molar-refractivity contribution in [2.45, 2.75) is 19.4 Å². The van der Waals surface area contributed by atoms with Gasteiger partial charge in [-0.1, -0.05) is 6.07 Å². The van der Waals surface area contributed by atoms with Crippen LogP contribution in [0.3, 0.4) is 0 Å². The number of fused-ring (bicyclic) bond motifs is 3. The minimum atomic E-state index is -0.497. The Kier molecular flexibility index (Phi) is 4.22. The lowest BCUT2D eigenvalue weighted by atomic mass is 9.74. The minimum absolute atomic E-state index is 0.0119. The smallest absolute Gasteiger partial charge is 0.244 e.